The largest absolute Gasteiger partial charge is 0.316 e. The van der Waals surface area contributed by atoms with Crippen molar-refractivity contribution in [2.75, 3.05) is 7.05 Å². The molecule has 2 aromatic rings. The fourth-order valence-corrected chi connectivity index (χ4v) is 2.07. The number of nitrogens with one attached hydrogen (secondary N) is 1. The fourth-order valence-electron chi connectivity index (χ4n) is 2.07. The summed E-state index contributed by atoms with van der Waals surface area (Å²) in [6.45, 7) is 4.85. The summed E-state index contributed by atoms with van der Waals surface area (Å²) in [6.07, 6.45) is 0. The highest BCUT2D eigenvalue weighted by atomic mass is 15.3. The predicted octanol–water partition coefficient (Wildman–Crippen LogP) is 2.08. The van der Waals surface area contributed by atoms with Crippen LogP contribution in [0.15, 0.2) is 24.3 Å². The zero-order valence-electron chi connectivity index (χ0n) is 10.9. The highest BCUT2D eigenvalue weighted by molar-refractivity contribution is 5.43. The van der Waals surface area contributed by atoms with Crippen molar-refractivity contribution in [3.8, 4) is 11.8 Å². The predicted molar refractivity (Wildman–Crippen MR) is 70.5 cm³/mol. The highest BCUT2D eigenvalue weighted by Crippen LogP contribution is 2.18. The third-order valence-electron chi connectivity index (χ3n) is 3.01. The SMILES string of the molecule is CNCc1c(C)nn(-c2cccc(C#N)c2)c1C. The average molecular weight is 240 g/mol. The number of nitriles is 1. The van der Waals surface area contributed by atoms with Gasteiger partial charge in [-0.1, -0.05) is 6.07 Å². The van der Waals surface area contributed by atoms with Crippen molar-refractivity contribution in [2.45, 2.75) is 20.4 Å². The number of aromatic nitrogens is 2. The number of aryl methyl sites for hydroxylation is 1. The lowest BCUT2D eigenvalue weighted by Gasteiger charge is -2.05. The summed E-state index contributed by atoms with van der Waals surface area (Å²) in [6, 6.07) is 9.63. The number of rotatable bonds is 3. The summed E-state index contributed by atoms with van der Waals surface area (Å²) in [5, 5.41) is 16.6. The summed E-state index contributed by atoms with van der Waals surface area (Å²) in [4.78, 5) is 0. The Balaban J connectivity index is 2.51. The van der Waals surface area contributed by atoms with Crippen molar-refractivity contribution in [1.29, 1.82) is 5.26 Å². The van der Waals surface area contributed by atoms with Crippen LogP contribution in [0.5, 0.6) is 0 Å². The molecule has 0 aliphatic rings. The molecule has 1 aromatic heterocycles. The van der Waals surface area contributed by atoms with E-state index in [1.165, 1.54) is 5.56 Å². The molecule has 0 saturated carbocycles. The molecule has 0 spiro atoms. The van der Waals surface area contributed by atoms with Crippen LogP contribution in [0.1, 0.15) is 22.5 Å². The first-order chi connectivity index (χ1) is 8.67. The number of hydrogen-bond donors (Lipinski definition) is 1. The lowest BCUT2D eigenvalue weighted by atomic mass is 10.2. The smallest absolute Gasteiger partial charge is 0.0992 e. The van der Waals surface area contributed by atoms with Gasteiger partial charge in [0.05, 0.1) is 23.0 Å². The van der Waals surface area contributed by atoms with Gasteiger partial charge in [0.15, 0.2) is 0 Å². The van der Waals surface area contributed by atoms with Crippen molar-refractivity contribution >= 4 is 0 Å². The van der Waals surface area contributed by atoms with E-state index in [-0.39, 0.29) is 0 Å². The zero-order chi connectivity index (χ0) is 13.1. The molecule has 0 aliphatic heterocycles. The topological polar surface area (TPSA) is 53.6 Å². The summed E-state index contributed by atoms with van der Waals surface area (Å²) in [7, 11) is 1.92. The molecule has 0 unspecified atom stereocenters. The monoisotopic (exact) mass is 240 g/mol. The third-order valence-corrected chi connectivity index (χ3v) is 3.01. The van der Waals surface area contributed by atoms with E-state index in [0.29, 0.717) is 5.56 Å². The quantitative estimate of drug-likeness (QED) is 0.893. The number of benzene rings is 1. The Kier molecular flexibility index (Phi) is 3.45. The summed E-state index contributed by atoms with van der Waals surface area (Å²) >= 11 is 0. The van der Waals surface area contributed by atoms with Gasteiger partial charge in [-0.2, -0.15) is 10.4 Å². The fraction of sp³-hybridized carbons (Fsp3) is 0.286. The lowest BCUT2D eigenvalue weighted by molar-refractivity contribution is 0.801. The molecular weight excluding hydrogens is 224 g/mol. The second-order valence-electron chi connectivity index (χ2n) is 4.25. The molecule has 0 amide bonds. The molecule has 0 fully saturated rings. The maximum atomic E-state index is 8.93. The van der Waals surface area contributed by atoms with E-state index < -0.39 is 0 Å². The summed E-state index contributed by atoms with van der Waals surface area (Å²) in [5.74, 6) is 0. The van der Waals surface area contributed by atoms with Gasteiger partial charge in [0.1, 0.15) is 0 Å². The van der Waals surface area contributed by atoms with Gasteiger partial charge < -0.3 is 5.32 Å². The number of nitrogens with zero attached hydrogens (tertiary/aromatic N) is 3. The van der Waals surface area contributed by atoms with E-state index in [4.69, 9.17) is 5.26 Å². The van der Waals surface area contributed by atoms with Crippen molar-refractivity contribution in [3.63, 3.8) is 0 Å². The van der Waals surface area contributed by atoms with Gasteiger partial charge in [0.2, 0.25) is 0 Å². The van der Waals surface area contributed by atoms with Crippen molar-refractivity contribution < 1.29 is 0 Å². The van der Waals surface area contributed by atoms with Crippen molar-refractivity contribution in [3.05, 3.63) is 46.8 Å². The van der Waals surface area contributed by atoms with Crippen LogP contribution in [0.4, 0.5) is 0 Å². The Morgan fingerprint density at radius 1 is 1.39 bits per heavy atom. The highest BCUT2D eigenvalue weighted by Gasteiger charge is 2.11. The molecule has 4 nitrogen and oxygen atoms in total. The van der Waals surface area contributed by atoms with E-state index in [1.807, 2.05) is 43.8 Å². The molecule has 2 rings (SSSR count). The third kappa shape index (κ3) is 2.13. The van der Waals surface area contributed by atoms with Crippen LogP contribution in [-0.4, -0.2) is 16.8 Å². The first-order valence-electron chi connectivity index (χ1n) is 5.87. The van der Waals surface area contributed by atoms with E-state index in [1.54, 1.807) is 6.07 Å². The maximum absolute atomic E-state index is 8.93. The van der Waals surface area contributed by atoms with Gasteiger partial charge in [-0.05, 0) is 39.1 Å². The molecular formula is C14H16N4. The van der Waals surface area contributed by atoms with Gasteiger partial charge >= 0.3 is 0 Å². The molecule has 92 valence electrons. The summed E-state index contributed by atoms with van der Waals surface area (Å²) in [5.41, 5.74) is 4.91. The van der Waals surface area contributed by atoms with Crippen LogP contribution in [0.3, 0.4) is 0 Å². The van der Waals surface area contributed by atoms with Crippen LogP contribution in [0, 0.1) is 25.2 Å². The molecule has 0 saturated heterocycles. The lowest BCUT2D eigenvalue weighted by Crippen LogP contribution is -2.07. The van der Waals surface area contributed by atoms with Crippen LogP contribution in [0.25, 0.3) is 5.69 Å². The van der Waals surface area contributed by atoms with Crippen LogP contribution >= 0.6 is 0 Å². The molecule has 1 aromatic carbocycles. The Labute approximate surface area is 107 Å². The van der Waals surface area contributed by atoms with Crippen LogP contribution < -0.4 is 5.32 Å². The normalized spacial score (nSPS) is 10.3. The molecule has 0 bridgehead atoms. The van der Waals surface area contributed by atoms with Crippen LogP contribution in [-0.2, 0) is 6.54 Å². The minimum Gasteiger partial charge on any atom is -0.316 e. The Hall–Kier alpha value is -2.12. The Morgan fingerprint density at radius 2 is 2.17 bits per heavy atom. The molecule has 1 heterocycles. The van der Waals surface area contributed by atoms with Gasteiger partial charge in [-0.3, -0.25) is 0 Å². The van der Waals surface area contributed by atoms with Crippen molar-refractivity contribution in [2.24, 2.45) is 0 Å². The van der Waals surface area contributed by atoms with E-state index in [9.17, 15) is 0 Å². The summed E-state index contributed by atoms with van der Waals surface area (Å²) < 4.78 is 1.89. The average Bonchev–Trinajstić information content (AvgIpc) is 2.67. The molecule has 0 aliphatic carbocycles. The second kappa shape index (κ2) is 5.03. The Bertz CT molecular complexity index is 605. The first kappa shape index (κ1) is 12.3. The second-order valence-corrected chi connectivity index (χ2v) is 4.25. The zero-order valence-corrected chi connectivity index (χ0v) is 10.9. The molecule has 0 atom stereocenters. The molecule has 0 radical (unpaired) electrons. The first-order valence-corrected chi connectivity index (χ1v) is 5.87. The van der Waals surface area contributed by atoms with Gasteiger partial charge in [-0.25, -0.2) is 4.68 Å². The van der Waals surface area contributed by atoms with E-state index in [2.05, 4.69) is 16.5 Å². The van der Waals surface area contributed by atoms with Gasteiger partial charge in [-0.15, -0.1) is 0 Å². The van der Waals surface area contributed by atoms with Gasteiger partial charge in [0, 0.05) is 17.8 Å². The maximum Gasteiger partial charge on any atom is 0.0992 e. The van der Waals surface area contributed by atoms with E-state index in [0.717, 1.165) is 23.6 Å². The van der Waals surface area contributed by atoms with Crippen molar-refractivity contribution in [1.82, 2.24) is 15.1 Å². The van der Waals surface area contributed by atoms with Crippen LogP contribution in [0.2, 0.25) is 0 Å². The number of hydrogen-bond acceptors (Lipinski definition) is 3. The molecule has 4 heteroatoms. The van der Waals surface area contributed by atoms with Gasteiger partial charge in [0.25, 0.3) is 0 Å². The molecule has 18 heavy (non-hydrogen) atoms. The molecule has 1 N–H and O–H groups in total. The standard InChI is InChI=1S/C14H16N4/c1-10-14(9-16-3)11(2)18(17-10)13-6-4-5-12(7-13)8-15/h4-7,16H,9H2,1-3H3. The minimum atomic E-state index is 0.648. The minimum absolute atomic E-state index is 0.648. The Morgan fingerprint density at radius 3 is 2.83 bits per heavy atom. The van der Waals surface area contributed by atoms with E-state index >= 15 is 0 Å².